The average Bonchev–Trinajstić information content (AvgIpc) is 2.42. The molecule has 0 saturated heterocycles. The quantitative estimate of drug-likeness (QED) is 0.394. The standard InChI is InChI=1S/C9H4BF5NO2.K/c11-4-1-5-7(6(12)2-4)16(3-10(13,14)15)9(18)8(5)17;/h1-2H,3H2;/q-1;+1. The molecule has 0 N–H and O–H groups in total. The summed E-state index contributed by atoms with van der Waals surface area (Å²) in [5.41, 5.74) is -1.50. The van der Waals surface area contributed by atoms with Crippen LogP contribution in [-0.2, 0) is 4.79 Å². The third kappa shape index (κ3) is 3.24. The molecule has 1 aliphatic heterocycles. The van der Waals surface area contributed by atoms with E-state index in [9.17, 15) is 31.3 Å². The Morgan fingerprint density at radius 2 is 1.68 bits per heavy atom. The topological polar surface area (TPSA) is 37.4 Å². The van der Waals surface area contributed by atoms with Gasteiger partial charge < -0.3 is 17.8 Å². The SMILES string of the molecule is O=C1C(=O)N(C[B-](F)(F)F)c2c(F)cc(F)cc21.[K+]. The number of nitrogens with zero attached hydrogens (tertiary/aromatic N) is 1. The summed E-state index contributed by atoms with van der Waals surface area (Å²) >= 11 is 0. The number of carbonyl (C=O) groups is 2. The molecule has 3 nitrogen and oxygen atoms in total. The van der Waals surface area contributed by atoms with E-state index >= 15 is 0 Å². The van der Waals surface area contributed by atoms with Gasteiger partial charge in [0.25, 0.3) is 11.7 Å². The van der Waals surface area contributed by atoms with Gasteiger partial charge >= 0.3 is 58.4 Å². The minimum absolute atomic E-state index is 0. The van der Waals surface area contributed by atoms with Crippen molar-refractivity contribution in [3.05, 3.63) is 29.3 Å². The predicted octanol–water partition coefficient (Wildman–Crippen LogP) is -1.12. The summed E-state index contributed by atoms with van der Waals surface area (Å²) in [7, 11) is 0. The third-order valence-corrected chi connectivity index (χ3v) is 2.37. The number of Topliss-reactive ketones (excluding diaryl/α,β-unsaturated/α-hetero) is 1. The van der Waals surface area contributed by atoms with Gasteiger partial charge in [-0.1, -0.05) is 0 Å². The predicted molar refractivity (Wildman–Crippen MR) is 52.1 cm³/mol. The van der Waals surface area contributed by atoms with Crippen molar-refractivity contribution in [3.8, 4) is 0 Å². The maximum atomic E-state index is 13.4. The van der Waals surface area contributed by atoms with Gasteiger partial charge in [-0.15, -0.1) is 0 Å². The molecule has 0 atom stereocenters. The van der Waals surface area contributed by atoms with Gasteiger partial charge in [0.15, 0.2) is 0 Å². The smallest absolute Gasteiger partial charge is 0.448 e. The normalized spacial score (nSPS) is 14.5. The fourth-order valence-electron chi connectivity index (χ4n) is 1.73. The summed E-state index contributed by atoms with van der Waals surface area (Å²) in [5.74, 6) is -5.35. The Morgan fingerprint density at radius 1 is 1.11 bits per heavy atom. The van der Waals surface area contributed by atoms with Gasteiger partial charge in [0, 0.05) is 6.07 Å². The number of carbonyl (C=O) groups excluding carboxylic acids is 2. The summed E-state index contributed by atoms with van der Waals surface area (Å²) in [6, 6.07) is 0.864. The molecule has 0 radical (unpaired) electrons. The van der Waals surface area contributed by atoms with Crippen LogP contribution in [0.1, 0.15) is 10.4 Å². The first kappa shape index (κ1) is 16.8. The summed E-state index contributed by atoms with van der Waals surface area (Å²) in [6.45, 7) is -5.43. The molecule has 0 aromatic heterocycles. The van der Waals surface area contributed by atoms with Gasteiger partial charge in [-0.05, 0) is 12.5 Å². The van der Waals surface area contributed by atoms with Crippen molar-refractivity contribution in [2.45, 2.75) is 0 Å². The van der Waals surface area contributed by atoms with Crippen molar-refractivity contribution >= 4 is 24.4 Å². The maximum absolute atomic E-state index is 13.4. The van der Waals surface area contributed by atoms with Crippen LogP contribution in [0.4, 0.5) is 27.4 Å². The molecule has 10 heteroatoms. The summed E-state index contributed by atoms with van der Waals surface area (Å²) in [4.78, 5) is 22.6. The summed E-state index contributed by atoms with van der Waals surface area (Å²) in [5, 5.41) is 0. The molecule has 1 aromatic carbocycles. The van der Waals surface area contributed by atoms with Crippen LogP contribution in [0.3, 0.4) is 0 Å². The zero-order chi connectivity index (χ0) is 13.7. The van der Waals surface area contributed by atoms with Crippen molar-refractivity contribution in [1.29, 1.82) is 0 Å². The van der Waals surface area contributed by atoms with Gasteiger partial charge in [0.1, 0.15) is 11.6 Å². The van der Waals surface area contributed by atoms with E-state index in [-0.39, 0.29) is 56.3 Å². The summed E-state index contributed by atoms with van der Waals surface area (Å²) in [6.07, 6.45) is -1.74. The van der Waals surface area contributed by atoms with Crippen LogP contribution in [-0.4, -0.2) is 25.1 Å². The number of hydrogen-bond acceptors (Lipinski definition) is 2. The van der Waals surface area contributed by atoms with Crippen LogP contribution < -0.4 is 56.3 Å². The zero-order valence-electron chi connectivity index (χ0n) is 9.59. The molecule has 19 heavy (non-hydrogen) atoms. The number of benzene rings is 1. The van der Waals surface area contributed by atoms with Gasteiger partial charge in [-0.2, -0.15) is 0 Å². The van der Waals surface area contributed by atoms with Crippen molar-refractivity contribution in [2.75, 3.05) is 11.3 Å². The second-order valence-electron chi connectivity index (χ2n) is 3.74. The number of fused-ring (bicyclic) bond motifs is 1. The molecule has 0 bridgehead atoms. The van der Waals surface area contributed by atoms with Crippen molar-refractivity contribution in [2.24, 2.45) is 0 Å². The van der Waals surface area contributed by atoms with E-state index < -0.39 is 48.0 Å². The van der Waals surface area contributed by atoms with E-state index in [1.165, 1.54) is 0 Å². The minimum Gasteiger partial charge on any atom is -0.448 e. The van der Waals surface area contributed by atoms with E-state index in [0.29, 0.717) is 12.1 Å². The first-order chi connectivity index (χ1) is 8.20. The van der Waals surface area contributed by atoms with Crippen LogP contribution >= 0.6 is 0 Å². The number of amides is 1. The monoisotopic (exact) mass is 303 g/mol. The van der Waals surface area contributed by atoms with Crippen LogP contribution in [0, 0.1) is 11.6 Å². The molecule has 0 fully saturated rings. The first-order valence-corrected chi connectivity index (χ1v) is 4.77. The third-order valence-electron chi connectivity index (χ3n) is 2.37. The number of anilines is 1. The maximum Gasteiger partial charge on any atom is 1.00 e. The van der Waals surface area contributed by atoms with E-state index in [2.05, 4.69) is 0 Å². The van der Waals surface area contributed by atoms with Gasteiger partial charge in [-0.25, -0.2) is 8.78 Å². The number of hydrogen-bond donors (Lipinski definition) is 0. The summed E-state index contributed by atoms with van der Waals surface area (Å²) < 4.78 is 63.0. The Labute approximate surface area is 146 Å². The molecule has 0 saturated carbocycles. The van der Waals surface area contributed by atoms with Crippen LogP contribution in [0.15, 0.2) is 12.1 Å². The zero-order valence-corrected chi connectivity index (χ0v) is 12.7. The van der Waals surface area contributed by atoms with Crippen LogP contribution in [0.2, 0.25) is 0 Å². The van der Waals surface area contributed by atoms with Crippen LogP contribution in [0.5, 0.6) is 0 Å². The van der Waals surface area contributed by atoms with Gasteiger partial charge in [-0.3, -0.25) is 9.59 Å². The van der Waals surface area contributed by atoms with E-state index in [4.69, 9.17) is 0 Å². The van der Waals surface area contributed by atoms with Crippen LogP contribution in [0.25, 0.3) is 0 Å². The molecule has 0 aliphatic carbocycles. The van der Waals surface area contributed by atoms with Gasteiger partial charge in [0.05, 0.1) is 11.3 Å². The fraction of sp³-hybridized carbons (Fsp3) is 0.111. The molecule has 0 unspecified atom stereocenters. The molecule has 1 amide bonds. The molecule has 1 heterocycles. The molecule has 1 aliphatic rings. The Bertz CT molecular complexity index is 562. The van der Waals surface area contributed by atoms with Crippen molar-refractivity contribution in [3.63, 3.8) is 0 Å². The fourth-order valence-corrected chi connectivity index (χ4v) is 1.73. The van der Waals surface area contributed by atoms with Gasteiger partial charge in [0.2, 0.25) is 0 Å². The first-order valence-electron chi connectivity index (χ1n) is 4.77. The Hall–Kier alpha value is -0.289. The molecule has 1 aromatic rings. The number of ketones is 1. The Kier molecular flexibility index (Phi) is 4.94. The van der Waals surface area contributed by atoms with E-state index in [1.807, 2.05) is 0 Å². The Balaban J connectivity index is 0.00000180. The largest absolute Gasteiger partial charge is 1.00 e. The Morgan fingerprint density at radius 3 is 2.21 bits per heavy atom. The molecular formula is C9H4BF5KNO2. The van der Waals surface area contributed by atoms with Crippen molar-refractivity contribution < 1.29 is 82.7 Å². The molecular weight excluding hydrogens is 299 g/mol. The average molecular weight is 303 g/mol. The second-order valence-corrected chi connectivity index (χ2v) is 3.74. The van der Waals surface area contributed by atoms with E-state index in [1.54, 1.807) is 0 Å². The van der Waals surface area contributed by atoms with Crippen molar-refractivity contribution in [1.82, 2.24) is 0 Å². The molecule has 96 valence electrons. The molecule has 2 rings (SSSR count). The minimum atomic E-state index is -5.43. The second kappa shape index (κ2) is 5.60. The van der Waals surface area contributed by atoms with E-state index in [0.717, 1.165) is 0 Å². The number of rotatable bonds is 2. The molecule has 0 spiro atoms. The number of halogens is 5.